The van der Waals surface area contributed by atoms with Crippen LogP contribution < -0.4 is 0 Å². The van der Waals surface area contributed by atoms with E-state index in [4.69, 9.17) is 4.98 Å². The molecule has 1 aromatic heterocycles. The van der Waals surface area contributed by atoms with Crippen LogP contribution in [-0.4, -0.2) is 44.9 Å². The van der Waals surface area contributed by atoms with Gasteiger partial charge in [0, 0.05) is 25.8 Å². The van der Waals surface area contributed by atoms with Gasteiger partial charge in [0.2, 0.25) is 5.91 Å². The molecule has 1 saturated heterocycles. The third-order valence-electron chi connectivity index (χ3n) is 6.89. The number of likely N-dealkylation sites (tertiary alicyclic amines) is 1. The van der Waals surface area contributed by atoms with Crippen molar-refractivity contribution in [2.75, 3.05) is 19.6 Å². The Morgan fingerprint density at radius 2 is 1.89 bits per heavy atom. The summed E-state index contributed by atoms with van der Waals surface area (Å²) in [6.45, 7) is 3.11. The smallest absolute Gasteiger partial charge is 0.237 e. The molecule has 0 radical (unpaired) electrons. The van der Waals surface area contributed by atoms with E-state index in [1.165, 1.54) is 41.2 Å². The van der Waals surface area contributed by atoms with Crippen LogP contribution in [-0.2, 0) is 37.6 Å². The quantitative estimate of drug-likeness (QED) is 0.824. The lowest BCUT2D eigenvalue weighted by molar-refractivity contribution is -0.133. The lowest BCUT2D eigenvalue weighted by atomic mass is 10.00. The molecule has 1 amide bonds. The summed E-state index contributed by atoms with van der Waals surface area (Å²) in [4.78, 5) is 22.5. The second-order valence-corrected chi connectivity index (χ2v) is 8.59. The normalized spacial score (nSPS) is 22.2. The molecule has 2 aliphatic heterocycles. The van der Waals surface area contributed by atoms with Crippen LogP contribution in [0.4, 0.5) is 0 Å². The van der Waals surface area contributed by atoms with Gasteiger partial charge in [-0.3, -0.25) is 9.69 Å². The first-order valence-corrected chi connectivity index (χ1v) is 10.8. The van der Waals surface area contributed by atoms with E-state index >= 15 is 0 Å². The molecule has 28 heavy (non-hydrogen) atoms. The van der Waals surface area contributed by atoms with Crippen molar-refractivity contribution in [2.45, 2.75) is 57.5 Å². The number of benzene rings is 1. The summed E-state index contributed by atoms with van der Waals surface area (Å²) in [7, 11) is 2.17. The first kappa shape index (κ1) is 17.9. The Labute approximate surface area is 167 Å². The lowest BCUT2D eigenvalue weighted by Crippen LogP contribution is -2.42. The highest BCUT2D eigenvalue weighted by Gasteiger charge is 2.33. The number of rotatable bonds is 3. The van der Waals surface area contributed by atoms with Crippen molar-refractivity contribution in [3.8, 4) is 0 Å². The van der Waals surface area contributed by atoms with Gasteiger partial charge in [0.05, 0.1) is 18.3 Å². The number of carbonyl (C=O) groups excluding carboxylic acids is 1. The van der Waals surface area contributed by atoms with E-state index in [1.807, 2.05) is 4.90 Å². The molecule has 5 rings (SSSR count). The number of aryl methyl sites for hydroxylation is 1. The predicted molar refractivity (Wildman–Crippen MR) is 109 cm³/mol. The zero-order valence-corrected chi connectivity index (χ0v) is 16.9. The largest absolute Gasteiger partial charge is 0.337 e. The number of imidazole rings is 1. The lowest BCUT2D eigenvalue weighted by Gasteiger charge is -2.31. The molecule has 0 saturated carbocycles. The molecule has 3 heterocycles. The topological polar surface area (TPSA) is 41.4 Å². The molecule has 0 spiro atoms. The van der Waals surface area contributed by atoms with Crippen LogP contribution >= 0.6 is 0 Å². The van der Waals surface area contributed by atoms with Crippen LogP contribution in [0.15, 0.2) is 24.3 Å². The highest BCUT2D eigenvalue weighted by Crippen LogP contribution is 2.34. The van der Waals surface area contributed by atoms with Crippen molar-refractivity contribution in [1.82, 2.24) is 19.4 Å². The van der Waals surface area contributed by atoms with Gasteiger partial charge in [-0.05, 0) is 62.6 Å². The number of aromatic nitrogens is 2. The maximum Gasteiger partial charge on any atom is 0.237 e. The number of hydrogen-bond donors (Lipinski definition) is 0. The van der Waals surface area contributed by atoms with Crippen LogP contribution in [0.1, 0.15) is 60.1 Å². The van der Waals surface area contributed by atoms with Crippen LogP contribution in [0.3, 0.4) is 0 Å². The summed E-state index contributed by atoms with van der Waals surface area (Å²) in [6.07, 6.45) is 8.03. The van der Waals surface area contributed by atoms with Gasteiger partial charge in [-0.25, -0.2) is 4.98 Å². The summed E-state index contributed by atoms with van der Waals surface area (Å²) in [5, 5.41) is 0. The Hall–Kier alpha value is -2.14. The summed E-state index contributed by atoms with van der Waals surface area (Å²) in [5.74, 6) is 1.45. The molecule has 0 unspecified atom stereocenters. The summed E-state index contributed by atoms with van der Waals surface area (Å²) in [6, 6.07) is 8.81. The summed E-state index contributed by atoms with van der Waals surface area (Å²) < 4.78 is 2.33. The molecular formula is C23H30N4O. The van der Waals surface area contributed by atoms with Gasteiger partial charge in [0.15, 0.2) is 0 Å². The SMILES string of the molecule is Cn1c([C@H]2CCCN2CC(=O)N2CCc3ccccc3C2)nc2c1CCCC2. The Kier molecular flexibility index (Phi) is 4.71. The molecule has 5 nitrogen and oxygen atoms in total. The molecule has 2 aromatic rings. The molecule has 3 aliphatic rings. The number of nitrogens with zero attached hydrogens (tertiary/aromatic N) is 4. The average molecular weight is 379 g/mol. The van der Waals surface area contributed by atoms with E-state index in [0.29, 0.717) is 6.54 Å². The highest BCUT2D eigenvalue weighted by molar-refractivity contribution is 5.78. The second kappa shape index (κ2) is 7.36. The van der Waals surface area contributed by atoms with E-state index in [-0.39, 0.29) is 11.9 Å². The Morgan fingerprint density at radius 1 is 1.07 bits per heavy atom. The fourth-order valence-electron chi connectivity index (χ4n) is 5.29. The zero-order chi connectivity index (χ0) is 19.1. The summed E-state index contributed by atoms with van der Waals surface area (Å²) >= 11 is 0. The number of carbonyl (C=O) groups is 1. The average Bonchev–Trinajstić information content (AvgIpc) is 3.32. The minimum absolute atomic E-state index is 0.264. The Morgan fingerprint density at radius 3 is 2.75 bits per heavy atom. The van der Waals surface area contributed by atoms with Crippen LogP contribution in [0.2, 0.25) is 0 Å². The third kappa shape index (κ3) is 3.16. The number of hydrogen-bond acceptors (Lipinski definition) is 3. The van der Waals surface area contributed by atoms with Gasteiger partial charge in [-0.15, -0.1) is 0 Å². The van der Waals surface area contributed by atoms with Crippen molar-refractivity contribution in [1.29, 1.82) is 0 Å². The van der Waals surface area contributed by atoms with E-state index in [2.05, 4.69) is 40.8 Å². The Balaban J connectivity index is 1.30. The van der Waals surface area contributed by atoms with Gasteiger partial charge in [-0.1, -0.05) is 24.3 Å². The molecule has 0 bridgehead atoms. The fourth-order valence-corrected chi connectivity index (χ4v) is 5.29. The molecule has 5 heteroatoms. The van der Waals surface area contributed by atoms with Gasteiger partial charge >= 0.3 is 0 Å². The predicted octanol–water partition coefficient (Wildman–Crippen LogP) is 3.02. The van der Waals surface area contributed by atoms with Gasteiger partial charge < -0.3 is 9.47 Å². The summed E-state index contributed by atoms with van der Waals surface area (Å²) in [5.41, 5.74) is 5.42. The third-order valence-corrected chi connectivity index (χ3v) is 6.89. The number of amides is 1. The minimum Gasteiger partial charge on any atom is -0.337 e. The van der Waals surface area contributed by atoms with Gasteiger partial charge in [-0.2, -0.15) is 0 Å². The molecule has 0 N–H and O–H groups in total. The maximum atomic E-state index is 13.1. The van der Waals surface area contributed by atoms with Crippen molar-refractivity contribution in [3.05, 3.63) is 52.6 Å². The minimum atomic E-state index is 0.264. The van der Waals surface area contributed by atoms with Gasteiger partial charge in [0.25, 0.3) is 0 Å². The van der Waals surface area contributed by atoms with Crippen LogP contribution in [0.5, 0.6) is 0 Å². The fraction of sp³-hybridized carbons (Fsp3) is 0.565. The zero-order valence-electron chi connectivity index (χ0n) is 16.9. The molecule has 1 fully saturated rings. The van der Waals surface area contributed by atoms with Crippen LogP contribution in [0, 0.1) is 0 Å². The Bertz CT molecular complexity index is 887. The first-order valence-electron chi connectivity index (χ1n) is 10.8. The maximum absolute atomic E-state index is 13.1. The molecule has 1 atom stereocenters. The molecule has 148 valence electrons. The van der Waals surface area contributed by atoms with E-state index in [1.54, 1.807) is 0 Å². The van der Waals surface area contributed by atoms with Crippen molar-refractivity contribution in [2.24, 2.45) is 7.05 Å². The van der Waals surface area contributed by atoms with Gasteiger partial charge in [0.1, 0.15) is 5.82 Å². The van der Waals surface area contributed by atoms with Crippen molar-refractivity contribution in [3.63, 3.8) is 0 Å². The molecule has 1 aliphatic carbocycles. The highest BCUT2D eigenvalue weighted by atomic mass is 16.2. The monoisotopic (exact) mass is 378 g/mol. The van der Waals surface area contributed by atoms with E-state index in [0.717, 1.165) is 51.7 Å². The number of fused-ring (bicyclic) bond motifs is 2. The molecular weight excluding hydrogens is 348 g/mol. The molecule has 1 aromatic carbocycles. The van der Waals surface area contributed by atoms with Crippen molar-refractivity contribution >= 4 is 5.91 Å². The first-order chi connectivity index (χ1) is 13.7. The standard InChI is InChI=1S/C23H30N4O/c1-25-20-10-5-4-9-19(20)24-23(25)21-11-6-13-26(21)16-22(28)27-14-12-17-7-2-3-8-18(17)15-27/h2-3,7-8,21H,4-6,9-16H2,1H3/t21-/m1/s1. The van der Waals surface area contributed by atoms with E-state index < -0.39 is 0 Å². The van der Waals surface area contributed by atoms with E-state index in [9.17, 15) is 4.79 Å². The van der Waals surface area contributed by atoms with Crippen LogP contribution in [0.25, 0.3) is 0 Å². The second-order valence-electron chi connectivity index (χ2n) is 8.59. The van der Waals surface area contributed by atoms with Crippen molar-refractivity contribution < 1.29 is 4.79 Å².